The Bertz CT molecular complexity index is 916. The summed E-state index contributed by atoms with van der Waals surface area (Å²) in [4.78, 5) is 25.6. The van der Waals surface area contributed by atoms with Gasteiger partial charge in [-0.15, -0.1) is 0 Å². The molecule has 7 unspecified atom stereocenters. The van der Waals surface area contributed by atoms with Gasteiger partial charge in [-0.1, -0.05) is 40.5 Å². The molecule has 0 radical (unpaired) electrons. The second-order valence-corrected chi connectivity index (χ2v) is 9.90. The molecular weight excluding hydrogens is 456 g/mol. The predicted octanol–water partition coefficient (Wildman–Crippen LogP) is 3.26. The van der Waals surface area contributed by atoms with Gasteiger partial charge in [0.1, 0.15) is 11.5 Å². The number of aldehydes is 1. The number of methoxy groups -OCH3 is 1. The SMILES string of the molecule is CCCCC(C(=O)c1cc(C(OC)C(C)C)c(O)c(C=O)c1O)C1CC(O)C2(OC2CC)C(O)O1. The quantitative estimate of drug-likeness (QED) is 0.207. The molecule has 0 amide bonds. The van der Waals surface area contributed by atoms with E-state index >= 15 is 0 Å². The summed E-state index contributed by atoms with van der Waals surface area (Å²) in [6.07, 6.45) is -1.36. The molecule has 2 fully saturated rings. The predicted molar refractivity (Wildman–Crippen MR) is 126 cm³/mol. The van der Waals surface area contributed by atoms with Crippen LogP contribution in [0.3, 0.4) is 0 Å². The van der Waals surface area contributed by atoms with Gasteiger partial charge in [0, 0.05) is 25.0 Å². The average molecular weight is 495 g/mol. The van der Waals surface area contributed by atoms with E-state index in [1.807, 2.05) is 27.7 Å². The van der Waals surface area contributed by atoms with Crippen molar-refractivity contribution < 1.29 is 44.2 Å². The van der Waals surface area contributed by atoms with Gasteiger partial charge in [-0.2, -0.15) is 0 Å². The van der Waals surface area contributed by atoms with Gasteiger partial charge in [0.25, 0.3) is 0 Å². The molecule has 35 heavy (non-hydrogen) atoms. The van der Waals surface area contributed by atoms with Gasteiger partial charge in [0.15, 0.2) is 24.0 Å². The Hall–Kier alpha value is -2.04. The molecule has 1 aromatic rings. The summed E-state index contributed by atoms with van der Waals surface area (Å²) >= 11 is 0. The number of phenolic OH excluding ortho intramolecular Hbond substituents is 2. The first-order chi connectivity index (χ1) is 16.6. The largest absolute Gasteiger partial charge is 0.507 e. The fraction of sp³-hybridized carbons (Fsp3) is 0.692. The minimum absolute atomic E-state index is 0.0760. The van der Waals surface area contributed by atoms with E-state index in [2.05, 4.69) is 0 Å². The number of unbranched alkanes of at least 4 members (excludes halogenated alkanes) is 1. The zero-order valence-corrected chi connectivity index (χ0v) is 21.1. The van der Waals surface area contributed by atoms with E-state index < -0.39 is 53.4 Å². The van der Waals surface area contributed by atoms with E-state index in [4.69, 9.17) is 14.2 Å². The molecule has 9 heteroatoms. The molecular formula is C26H38O9. The van der Waals surface area contributed by atoms with Crippen LogP contribution < -0.4 is 0 Å². The summed E-state index contributed by atoms with van der Waals surface area (Å²) < 4.78 is 16.9. The Kier molecular flexibility index (Phi) is 8.60. The Balaban J connectivity index is 2.01. The Morgan fingerprint density at radius 1 is 1.26 bits per heavy atom. The minimum atomic E-state index is -1.40. The number of rotatable bonds is 11. The number of hydrogen-bond acceptors (Lipinski definition) is 9. The molecule has 1 aromatic carbocycles. The average Bonchev–Trinajstić information content (AvgIpc) is 3.56. The monoisotopic (exact) mass is 494 g/mol. The summed E-state index contributed by atoms with van der Waals surface area (Å²) in [6, 6.07) is 1.36. The van der Waals surface area contributed by atoms with Gasteiger partial charge in [0.05, 0.1) is 35.5 Å². The molecule has 0 saturated carbocycles. The van der Waals surface area contributed by atoms with E-state index in [-0.39, 0.29) is 35.1 Å². The molecule has 0 aromatic heterocycles. The van der Waals surface area contributed by atoms with Crippen LogP contribution in [0.15, 0.2) is 6.07 Å². The lowest BCUT2D eigenvalue weighted by Crippen LogP contribution is -2.55. The van der Waals surface area contributed by atoms with Crippen LogP contribution in [0, 0.1) is 11.8 Å². The number of ether oxygens (including phenoxy) is 3. The lowest BCUT2D eigenvalue weighted by Gasteiger charge is -2.39. The summed E-state index contributed by atoms with van der Waals surface area (Å²) in [5.41, 5.74) is -1.47. The molecule has 196 valence electrons. The number of aromatic hydroxyl groups is 2. The van der Waals surface area contributed by atoms with Crippen LogP contribution in [0.25, 0.3) is 0 Å². The van der Waals surface area contributed by atoms with Crippen molar-refractivity contribution in [2.45, 2.75) is 96.1 Å². The van der Waals surface area contributed by atoms with Crippen molar-refractivity contribution in [3.8, 4) is 11.5 Å². The highest BCUT2D eigenvalue weighted by Crippen LogP contribution is 2.50. The van der Waals surface area contributed by atoms with Crippen molar-refractivity contribution in [1.82, 2.24) is 0 Å². The van der Waals surface area contributed by atoms with Crippen molar-refractivity contribution in [3.63, 3.8) is 0 Å². The van der Waals surface area contributed by atoms with E-state index in [1.54, 1.807) is 0 Å². The second kappa shape index (κ2) is 10.9. The van der Waals surface area contributed by atoms with Gasteiger partial charge in [0.2, 0.25) is 0 Å². The molecule has 2 heterocycles. The van der Waals surface area contributed by atoms with E-state index in [9.17, 15) is 30.0 Å². The molecule has 0 bridgehead atoms. The van der Waals surface area contributed by atoms with Crippen LogP contribution in [0.4, 0.5) is 0 Å². The maximum Gasteiger partial charge on any atom is 0.189 e. The number of benzene rings is 1. The van der Waals surface area contributed by atoms with Crippen molar-refractivity contribution >= 4 is 12.1 Å². The van der Waals surface area contributed by atoms with Gasteiger partial charge < -0.3 is 34.6 Å². The third-order valence-corrected chi connectivity index (χ3v) is 7.37. The zero-order valence-electron chi connectivity index (χ0n) is 21.1. The van der Waals surface area contributed by atoms with Crippen molar-refractivity contribution in [3.05, 3.63) is 22.8 Å². The Morgan fingerprint density at radius 2 is 1.94 bits per heavy atom. The first kappa shape index (κ1) is 27.5. The molecule has 3 rings (SSSR count). The van der Waals surface area contributed by atoms with Crippen LogP contribution in [0.2, 0.25) is 0 Å². The number of hydrogen-bond donors (Lipinski definition) is 4. The Labute approximate surface area is 206 Å². The highest BCUT2D eigenvalue weighted by Gasteiger charge is 2.68. The summed E-state index contributed by atoms with van der Waals surface area (Å²) in [5, 5.41) is 42.9. The third-order valence-electron chi connectivity index (χ3n) is 7.37. The molecule has 2 saturated heterocycles. The molecule has 0 aliphatic carbocycles. The van der Waals surface area contributed by atoms with E-state index in [0.29, 0.717) is 25.5 Å². The lowest BCUT2D eigenvalue weighted by molar-refractivity contribution is -0.239. The second-order valence-electron chi connectivity index (χ2n) is 9.90. The maximum absolute atomic E-state index is 13.8. The van der Waals surface area contributed by atoms with Gasteiger partial charge >= 0.3 is 0 Å². The first-order valence-electron chi connectivity index (χ1n) is 12.4. The van der Waals surface area contributed by atoms with Crippen molar-refractivity contribution in [1.29, 1.82) is 0 Å². The highest BCUT2D eigenvalue weighted by atomic mass is 16.7. The minimum Gasteiger partial charge on any atom is -0.507 e. The molecule has 7 atom stereocenters. The Morgan fingerprint density at radius 3 is 2.43 bits per heavy atom. The van der Waals surface area contributed by atoms with Crippen LogP contribution in [-0.4, -0.2) is 69.8 Å². The molecule has 2 aliphatic heterocycles. The van der Waals surface area contributed by atoms with Gasteiger partial charge in [-0.3, -0.25) is 9.59 Å². The maximum atomic E-state index is 13.8. The first-order valence-corrected chi connectivity index (χ1v) is 12.4. The third kappa shape index (κ3) is 4.84. The zero-order chi connectivity index (χ0) is 26.1. The van der Waals surface area contributed by atoms with E-state index in [0.717, 1.165) is 6.42 Å². The number of carbonyl (C=O) groups excluding carboxylic acids is 2. The number of epoxide rings is 1. The molecule has 1 spiro atoms. The van der Waals surface area contributed by atoms with Crippen LogP contribution in [0.5, 0.6) is 11.5 Å². The lowest BCUT2D eigenvalue weighted by atomic mass is 9.79. The molecule has 2 aliphatic rings. The van der Waals surface area contributed by atoms with Crippen LogP contribution in [0.1, 0.15) is 92.2 Å². The summed E-state index contributed by atoms with van der Waals surface area (Å²) in [6.45, 7) is 7.59. The van der Waals surface area contributed by atoms with Crippen LogP contribution >= 0.6 is 0 Å². The number of aliphatic hydroxyl groups is 2. The fourth-order valence-electron chi connectivity index (χ4n) is 5.37. The number of Topliss-reactive ketones (excluding diaryl/α,β-unsaturated/α-hetero) is 1. The van der Waals surface area contributed by atoms with E-state index in [1.165, 1.54) is 13.2 Å². The number of carbonyl (C=O) groups is 2. The summed E-state index contributed by atoms with van der Waals surface area (Å²) in [7, 11) is 1.46. The molecule has 4 N–H and O–H groups in total. The fourth-order valence-corrected chi connectivity index (χ4v) is 5.37. The van der Waals surface area contributed by atoms with Crippen molar-refractivity contribution in [2.75, 3.05) is 7.11 Å². The van der Waals surface area contributed by atoms with Gasteiger partial charge in [-0.25, -0.2) is 0 Å². The highest BCUT2D eigenvalue weighted by molar-refractivity contribution is 6.04. The normalized spacial score (nSPS) is 29.8. The number of aliphatic hydroxyl groups excluding tert-OH is 2. The van der Waals surface area contributed by atoms with Crippen molar-refractivity contribution in [2.24, 2.45) is 11.8 Å². The van der Waals surface area contributed by atoms with Crippen LogP contribution in [-0.2, 0) is 14.2 Å². The standard InChI is InChI=1S/C26H38O9/c1-6-8-9-14(18-11-19(28)26(25(32)34-18)20(7-2)35-26)21(29)15-10-16(24(33-5)13(3)4)23(31)17(12-27)22(15)30/h10,12-14,18-20,24-25,28,30-32H,6-9,11H2,1-5H3. The summed E-state index contributed by atoms with van der Waals surface area (Å²) in [5.74, 6) is -2.45. The molecule has 9 nitrogen and oxygen atoms in total. The topological polar surface area (TPSA) is 146 Å². The number of phenols is 2. The van der Waals surface area contributed by atoms with Gasteiger partial charge in [-0.05, 0) is 24.8 Å². The number of ketones is 1. The smallest absolute Gasteiger partial charge is 0.189 e.